The maximum absolute atomic E-state index is 5.77. The molecule has 1 aliphatic carbocycles. The Kier molecular flexibility index (Phi) is 3.42. The van der Waals surface area contributed by atoms with E-state index in [1.54, 1.807) is 0 Å². The predicted octanol–water partition coefficient (Wildman–Crippen LogP) is 3.05. The van der Waals surface area contributed by atoms with Crippen LogP contribution >= 0.6 is 0 Å². The molecule has 0 spiro atoms. The molecule has 0 atom stereocenters. The van der Waals surface area contributed by atoms with Crippen LogP contribution in [0.4, 0.5) is 5.82 Å². The largest absolute Gasteiger partial charge is 0.384 e. The Morgan fingerprint density at radius 1 is 1.25 bits per heavy atom. The topological polar surface area (TPSA) is 51.8 Å². The molecule has 88 valence electrons. The van der Waals surface area contributed by atoms with Crippen molar-refractivity contribution in [3.63, 3.8) is 0 Å². The third-order valence-corrected chi connectivity index (χ3v) is 3.68. The van der Waals surface area contributed by atoms with Crippen molar-refractivity contribution >= 4 is 5.82 Å². The second-order valence-electron chi connectivity index (χ2n) is 4.92. The summed E-state index contributed by atoms with van der Waals surface area (Å²) in [6.45, 7) is 4.27. The SMILES string of the molecule is CCC1CCC(c2nc(C)cc(N)n2)CC1. The summed E-state index contributed by atoms with van der Waals surface area (Å²) in [6, 6.07) is 1.83. The molecule has 1 heterocycles. The average Bonchev–Trinajstić information content (AvgIpc) is 2.28. The Morgan fingerprint density at radius 2 is 1.94 bits per heavy atom. The van der Waals surface area contributed by atoms with Crippen molar-refractivity contribution in [2.24, 2.45) is 5.92 Å². The lowest BCUT2D eigenvalue weighted by molar-refractivity contribution is 0.312. The van der Waals surface area contributed by atoms with Crippen LogP contribution < -0.4 is 5.73 Å². The van der Waals surface area contributed by atoms with Crippen LogP contribution in [0, 0.1) is 12.8 Å². The van der Waals surface area contributed by atoms with Crippen LogP contribution in [-0.4, -0.2) is 9.97 Å². The molecule has 1 fully saturated rings. The highest BCUT2D eigenvalue weighted by molar-refractivity contribution is 5.30. The number of anilines is 1. The standard InChI is InChI=1S/C13H21N3/c1-3-10-4-6-11(7-5-10)13-15-9(2)8-12(14)16-13/h8,10-11H,3-7H2,1-2H3,(H2,14,15,16). The van der Waals surface area contributed by atoms with E-state index in [4.69, 9.17) is 5.73 Å². The highest BCUT2D eigenvalue weighted by Crippen LogP contribution is 2.35. The lowest BCUT2D eigenvalue weighted by Crippen LogP contribution is -2.15. The zero-order valence-corrected chi connectivity index (χ0v) is 10.2. The van der Waals surface area contributed by atoms with Gasteiger partial charge in [0.05, 0.1) is 0 Å². The third kappa shape index (κ3) is 2.52. The van der Waals surface area contributed by atoms with Crippen molar-refractivity contribution in [2.45, 2.75) is 51.9 Å². The molecule has 2 N–H and O–H groups in total. The van der Waals surface area contributed by atoms with E-state index in [1.165, 1.54) is 32.1 Å². The fraction of sp³-hybridized carbons (Fsp3) is 0.692. The monoisotopic (exact) mass is 219 g/mol. The molecular weight excluding hydrogens is 198 g/mol. The first-order chi connectivity index (χ1) is 7.69. The fourth-order valence-electron chi connectivity index (χ4n) is 2.63. The van der Waals surface area contributed by atoms with Crippen LogP contribution in [0.5, 0.6) is 0 Å². The maximum atomic E-state index is 5.77. The summed E-state index contributed by atoms with van der Waals surface area (Å²) in [5, 5.41) is 0. The van der Waals surface area contributed by atoms with Gasteiger partial charge >= 0.3 is 0 Å². The maximum Gasteiger partial charge on any atom is 0.134 e. The van der Waals surface area contributed by atoms with Crippen LogP contribution in [0.15, 0.2) is 6.07 Å². The van der Waals surface area contributed by atoms with Gasteiger partial charge < -0.3 is 5.73 Å². The summed E-state index contributed by atoms with van der Waals surface area (Å²) in [5.74, 6) is 3.02. The quantitative estimate of drug-likeness (QED) is 0.831. The molecule has 1 aliphatic rings. The van der Waals surface area contributed by atoms with Crippen LogP contribution in [0.25, 0.3) is 0 Å². The highest BCUT2D eigenvalue weighted by atomic mass is 14.9. The van der Waals surface area contributed by atoms with Gasteiger partial charge in [-0.25, -0.2) is 9.97 Å². The number of aromatic nitrogens is 2. The molecule has 2 rings (SSSR count). The van der Waals surface area contributed by atoms with E-state index in [2.05, 4.69) is 16.9 Å². The average molecular weight is 219 g/mol. The summed E-state index contributed by atoms with van der Waals surface area (Å²) < 4.78 is 0. The zero-order chi connectivity index (χ0) is 11.5. The van der Waals surface area contributed by atoms with Gasteiger partial charge in [-0.05, 0) is 38.5 Å². The Hall–Kier alpha value is -1.12. The van der Waals surface area contributed by atoms with Gasteiger partial charge in [0.2, 0.25) is 0 Å². The second-order valence-corrected chi connectivity index (χ2v) is 4.92. The van der Waals surface area contributed by atoms with Crippen molar-refractivity contribution < 1.29 is 0 Å². The van der Waals surface area contributed by atoms with Gasteiger partial charge in [0.1, 0.15) is 11.6 Å². The highest BCUT2D eigenvalue weighted by Gasteiger charge is 2.23. The molecule has 0 radical (unpaired) electrons. The Labute approximate surface area is 97.5 Å². The fourth-order valence-corrected chi connectivity index (χ4v) is 2.63. The molecule has 1 saturated carbocycles. The van der Waals surface area contributed by atoms with Crippen molar-refractivity contribution in [1.29, 1.82) is 0 Å². The summed E-state index contributed by atoms with van der Waals surface area (Å²) in [5.41, 5.74) is 6.75. The van der Waals surface area contributed by atoms with Crippen molar-refractivity contribution in [3.8, 4) is 0 Å². The minimum Gasteiger partial charge on any atom is -0.384 e. The number of nitrogen functional groups attached to an aromatic ring is 1. The first kappa shape index (κ1) is 11.4. The van der Waals surface area contributed by atoms with E-state index >= 15 is 0 Å². The molecule has 0 amide bonds. The van der Waals surface area contributed by atoms with Gasteiger partial charge in [-0.1, -0.05) is 13.3 Å². The van der Waals surface area contributed by atoms with Gasteiger partial charge in [-0.3, -0.25) is 0 Å². The number of nitrogens with two attached hydrogens (primary N) is 1. The molecule has 16 heavy (non-hydrogen) atoms. The molecule has 0 aromatic carbocycles. The van der Waals surface area contributed by atoms with E-state index in [9.17, 15) is 0 Å². The molecule has 0 bridgehead atoms. The lowest BCUT2D eigenvalue weighted by Gasteiger charge is -2.26. The van der Waals surface area contributed by atoms with Crippen LogP contribution in [0.1, 0.15) is 56.5 Å². The summed E-state index contributed by atoms with van der Waals surface area (Å²) >= 11 is 0. The number of aryl methyl sites for hydroxylation is 1. The van der Waals surface area contributed by atoms with Crippen LogP contribution in [0.2, 0.25) is 0 Å². The number of hydrogen-bond donors (Lipinski definition) is 1. The second kappa shape index (κ2) is 4.81. The zero-order valence-electron chi connectivity index (χ0n) is 10.2. The van der Waals surface area contributed by atoms with E-state index in [-0.39, 0.29) is 0 Å². The van der Waals surface area contributed by atoms with E-state index < -0.39 is 0 Å². The normalized spacial score (nSPS) is 25.6. The smallest absolute Gasteiger partial charge is 0.134 e. The Balaban J connectivity index is 2.08. The van der Waals surface area contributed by atoms with Crippen molar-refractivity contribution in [1.82, 2.24) is 9.97 Å². The molecule has 1 aromatic heterocycles. The number of hydrogen-bond acceptors (Lipinski definition) is 3. The van der Waals surface area contributed by atoms with E-state index in [0.717, 1.165) is 17.4 Å². The molecular formula is C13H21N3. The molecule has 0 unspecified atom stereocenters. The Bertz CT molecular complexity index is 334. The van der Waals surface area contributed by atoms with Crippen LogP contribution in [0.3, 0.4) is 0 Å². The summed E-state index contributed by atoms with van der Waals surface area (Å²) in [4.78, 5) is 8.89. The molecule has 3 nitrogen and oxygen atoms in total. The molecule has 0 saturated heterocycles. The summed E-state index contributed by atoms with van der Waals surface area (Å²) in [7, 11) is 0. The van der Waals surface area contributed by atoms with Gasteiger partial charge in [0.25, 0.3) is 0 Å². The van der Waals surface area contributed by atoms with Crippen LogP contribution in [-0.2, 0) is 0 Å². The first-order valence-corrected chi connectivity index (χ1v) is 6.30. The van der Waals surface area contributed by atoms with Crippen molar-refractivity contribution in [2.75, 3.05) is 5.73 Å². The van der Waals surface area contributed by atoms with Gasteiger partial charge in [-0.2, -0.15) is 0 Å². The predicted molar refractivity (Wildman–Crippen MR) is 66.2 cm³/mol. The van der Waals surface area contributed by atoms with E-state index in [1.807, 2.05) is 13.0 Å². The van der Waals surface area contributed by atoms with Gasteiger partial charge in [0.15, 0.2) is 0 Å². The van der Waals surface area contributed by atoms with Crippen molar-refractivity contribution in [3.05, 3.63) is 17.6 Å². The molecule has 1 aromatic rings. The minimum atomic E-state index is 0.532. The lowest BCUT2D eigenvalue weighted by atomic mass is 9.80. The third-order valence-electron chi connectivity index (χ3n) is 3.68. The van der Waals surface area contributed by atoms with Gasteiger partial charge in [0, 0.05) is 17.7 Å². The number of rotatable bonds is 2. The Morgan fingerprint density at radius 3 is 2.50 bits per heavy atom. The molecule has 0 aliphatic heterocycles. The van der Waals surface area contributed by atoms with E-state index in [0.29, 0.717) is 11.7 Å². The minimum absolute atomic E-state index is 0.532. The number of nitrogens with zero attached hydrogens (tertiary/aromatic N) is 2. The van der Waals surface area contributed by atoms with Gasteiger partial charge in [-0.15, -0.1) is 0 Å². The molecule has 3 heteroatoms. The summed E-state index contributed by atoms with van der Waals surface area (Å²) in [6.07, 6.45) is 6.39. The first-order valence-electron chi connectivity index (χ1n) is 6.30.